The first-order chi connectivity index (χ1) is 5.65. The van der Waals surface area contributed by atoms with Gasteiger partial charge in [-0.1, -0.05) is 6.92 Å². The molecule has 0 aromatic carbocycles. The molecule has 0 bridgehead atoms. The van der Waals surface area contributed by atoms with E-state index in [0.29, 0.717) is 6.42 Å². The number of aliphatic hydroxyl groups excluding tert-OH is 2. The van der Waals surface area contributed by atoms with Crippen LogP contribution in [-0.4, -0.2) is 16.3 Å². The predicted molar refractivity (Wildman–Crippen MR) is 50.3 cm³/mol. The zero-order valence-corrected chi connectivity index (χ0v) is 8.14. The van der Waals surface area contributed by atoms with Gasteiger partial charge in [0.15, 0.2) is 0 Å². The van der Waals surface area contributed by atoms with Crippen molar-refractivity contribution in [3.8, 4) is 0 Å². The smallest absolute Gasteiger partial charge is 0.114 e. The molecule has 12 heavy (non-hydrogen) atoms. The molecule has 1 rings (SSSR count). The van der Waals surface area contributed by atoms with Crippen LogP contribution < -0.4 is 0 Å². The van der Waals surface area contributed by atoms with E-state index in [1.165, 1.54) is 11.3 Å². The van der Waals surface area contributed by atoms with Gasteiger partial charge in [0.2, 0.25) is 0 Å². The first-order valence-electron chi connectivity index (χ1n) is 4.07. The van der Waals surface area contributed by atoms with Crippen LogP contribution in [-0.2, 0) is 0 Å². The molecule has 0 aliphatic rings. The van der Waals surface area contributed by atoms with E-state index in [9.17, 15) is 10.2 Å². The summed E-state index contributed by atoms with van der Waals surface area (Å²) in [6.45, 7) is 3.84. The zero-order chi connectivity index (χ0) is 9.14. The van der Waals surface area contributed by atoms with Crippen LogP contribution in [0.15, 0.2) is 12.1 Å². The summed E-state index contributed by atoms with van der Waals surface area (Å²) < 4.78 is 0. The van der Waals surface area contributed by atoms with Crippen molar-refractivity contribution in [3.63, 3.8) is 0 Å². The van der Waals surface area contributed by atoms with Gasteiger partial charge in [0, 0.05) is 9.75 Å². The molecule has 0 spiro atoms. The van der Waals surface area contributed by atoms with E-state index in [0.717, 1.165) is 9.75 Å². The maximum absolute atomic E-state index is 9.56. The average molecular weight is 186 g/mol. The van der Waals surface area contributed by atoms with Crippen molar-refractivity contribution in [2.75, 3.05) is 0 Å². The van der Waals surface area contributed by atoms with Crippen molar-refractivity contribution in [2.24, 2.45) is 0 Å². The van der Waals surface area contributed by atoms with E-state index in [2.05, 4.69) is 0 Å². The Morgan fingerprint density at radius 1 is 1.42 bits per heavy atom. The number of aliphatic hydroxyl groups is 2. The number of hydrogen-bond acceptors (Lipinski definition) is 3. The Balaban J connectivity index is 2.70. The first-order valence-corrected chi connectivity index (χ1v) is 4.89. The van der Waals surface area contributed by atoms with Crippen molar-refractivity contribution in [3.05, 3.63) is 21.9 Å². The Kier molecular flexibility index (Phi) is 3.26. The third-order valence-electron chi connectivity index (χ3n) is 1.84. The summed E-state index contributed by atoms with van der Waals surface area (Å²) in [6.07, 6.45) is -0.769. The Morgan fingerprint density at radius 2 is 2.08 bits per heavy atom. The van der Waals surface area contributed by atoms with Gasteiger partial charge >= 0.3 is 0 Å². The molecule has 2 N–H and O–H groups in total. The number of thiophene rings is 1. The molecule has 0 saturated carbocycles. The van der Waals surface area contributed by atoms with Gasteiger partial charge in [0.25, 0.3) is 0 Å². The van der Waals surface area contributed by atoms with Crippen molar-refractivity contribution < 1.29 is 10.2 Å². The van der Waals surface area contributed by atoms with Gasteiger partial charge in [-0.15, -0.1) is 11.3 Å². The summed E-state index contributed by atoms with van der Waals surface area (Å²) in [7, 11) is 0. The zero-order valence-electron chi connectivity index (χ0n) is 7.32. The minimum atomic E-state index is -0.714. The van der Waals surface area contributed by atoms with Crippen LogP contribution in [0.5, 0.6) is 0 Å². The molecule has 0 fully saturated rings. The molecule has 0 aliphatic carbocycles. The maximum Gasteiger partial charge on any atom is 0.114 e. The van der Waals surface area contributed by atoms with E-state index in [4.69, 9.17) is 0 Å². The van der Waals surface area contributed by atoms with E-state index < -0.39 is 12.2 Å². The van der Waals surface area contributed by atoms with Crippen LogP contribution in [0.1, 0.15) is 29.2 Å². The highest BCUT2D eigenvalue weighted by molar-refractivity contribution is 7.12. The Bertz CT molecular complexity index is 244. The Morgan fingerprint density at radius 3 is 2.50 bits per heavy atom. The summed E-state index contributed by atoms with van der Waals surface area (Å²) in [5.74, 6) is 0. The monoisotopic (exact) mass is 186 g/mol. The molecular formula is C9H14O2S. The topological polar surface area (TPSA) is 40.5 Å². The fourth-order valence-electron chi connectivity index (χ4n) is 1.03. The largest absolute Gasteiger partial charge is 0.390 e. The standard InChI is InChI=1S/C9H14O2S/c1-3-7(10)9(11)8-5-4-6(2)12-8/h4-5,7,9-11H,3H2,1-2H3. The lowest BCUT2D eigenvalue weighted by molar-refractivity contribution is 0.0186. The second-order valence-electron chi connectivity index (χ2n) is 2.87. The van der Waals surface area contributed by atoms with Crippen LogP contribution >= 0.6 is 11.3 Å². The molecule has 2 nitrogen and oxygen atoms in total. The molecule has 2 unspecified atom stereocenters. The lowest BCUT2D eigenvalue weighted by atomic mass is 10.1. The molecule has 0 amide bonds. The predicted octanol–water partition coefficient (Wildman–Crippen LogP) is 1.86. The average Bonchev–Trinajstić information content (AvgIpc) is 2.49. The van der Waals surface area contributed by atoms with E-state index in [1.54, 1.807) is 0 Å². The Hall–Kier alpha value is -0.380. The van der Waals surface area contributed by atoms with Crippen molar-refractivity contribution in [2.45, 2.75) is 32.5 Å². The van der Waals surface area contributed by atoms with E-state index in [-0.39, 0.29) is 0 Å². The lowest BCUT2D eigenvalue weighted by Crippen LogP contribution is -2.15. The number of aryl methyl sites for hydroxylation is 1. The van der Waals surface area contributed by atoms with Crippen molar-refractivity contribution in [1.82, 2.24) is 0 Å². The van der Waals surface area contributed by atoms with Gasteiger partial charge in [0.05, 0.1) is 6.10 Å². The fraction of sp³-hybridized carbons (Fsp3) is 0.556. The van der Waals surface area contributed by atoms with Gasteiger partial charge < -0.3 is 10.2 Å². The van der Waals surface area contributed by atoms with Crippen LogP contribution in [0, 0.1) is 6.92 Å². The minimum absolute atomic E-state index is 0.581. The van der Waals surface area contributed by atoms with Crippen molar-refractivity contribution >= 4 is 11.3 Å². The van der Waals surface area contributed by atoms with Gasteiger partial charge in [-0.2, -0.15) is 0 Å². The second-order valence-corrected chi connectivity index (χ2v) is 4.19. The van der Waals surface area contributed by atoms with Crippen molar-refractivity contribution in [1.29, 1.82) is 0 Å². The molecule has 1 heterocycles. The molecule has 1 aromatic rings. The SMILES string of the molecule is CCC(O)C(O)c1ccc(C)s1. The molecule has 0 saturated heterocycles. The molecule has 0 radical (unpaired) electrons. The van der Waals surface area contributed by atoms with Crippen LogP contribution in [0.25, 0.3) is 0 Å². The molecule has 0 aliphatic heterocycles. The summed E-state index contributed by atoms with van der Waals surface area (Å²) >= 11 is 1.53. The molecule has 2 atom stereocenters. The molecule has 1 aromatic heterocycles. The van der Waals surface area contributed by atoms with E-state index in [1.807, 2.05) is 26.0 Å². The lowest BCUT2D eigenvalue weighted by Gasteiger charge is -2.13. The highest BCUT2D eigenvalue weighted by Crippen LogP contribution is 2.25. The summed E-state index contributed by atoms with van der Waals surface area (Å²) in [5.41, 5.74) is 0. The molecule has 3 heteroatoms. The number of hydrogen-bond donors (Lipinski definition) is 2. The normalized spacial score (nSPS) is 16.0. The summed E-state index contributed by atoms with van der Waals surface area (Å²) in [6, 6.07) is 3.81. The third-order valence-corrected chi connectivity index (χ3v) is 2.91. The highest BCUT2D eigenvalue weighted by Gasteiger charge is 2.17. The van der Waals surface area contributed by atoms with E-state index >= 15 is 0 Å². The third kappa shape index (κ3) is 2.06. The van der Waals surface area contributed by atoms with Gasteiger partial charge in [0.1, 0.15) is 6.10 Å². The second kappa shape index (κ2) is 4.03. The quantitative estimate of drug-likeness (QED) is 0.756. The van der Waals surface area contributed by atoms with Crippen LogP contribution in [0.3, 0.4) is 0 Å². The molecular weight excluding hydrogens is 172 g/mol. The van der Waals surface area contributed by atoms with Gasteiger partial charge in [-0.25, -0.2) is 0 Å². The number of rotatable bonds is 3. The summed E-state index contributed by atoms with van der Waals surface area (Å²) in [5, 5.41) is 18.9. The Labute approximate surface area is 76.5 Å². The highest BCUT2D eigenvalue weighted by atomic mass is 32.1. The van der Waals surface area contributed by atoms with Gasteiger partial charge in [-0.3, -0.25) is 0 Å². The first kappa shape index (κ1) is 9.71. The summed E-state index contributed by atoms with van der Waals surface area (Å²) in [4.78, 5) is 2.01. The van der Waals surface area contributed by atoms with Crippen LogP contribution in [0.2, 0.25) is 0 Å². The minimum Gasteiger partial charge on any atom is -0.390 e. The fourth-order valence-corrected chi connectivity index (χ4v) is 1.95. The maximum atomic E-state index is 9.56. The van der Waals surface area contributed by atoms with Crippen LogP contribution in [0.4, 0.5) is 0 Å². The molecule has 68 valence electrons. The van der Waals surface area contributed by atoms with Gasteiger partial charge in [-0.05, 0) is 25.5 Å².